The van der Waals surface area contributed by atoms with Crippen LogP contribution in [0.25, 0.3) is 0 Å². The summed E-state index contributed by atoms with van der Waals surface area (Å²) >= 11 is 0. The minimum atomic E-state index is -0.851. The molecule has 0 aromatic carbocycles. The third kappa shape index (κ3) is 6.59. The van der Waals surface area contributed by atoms with Crippen molar-refractivity contribution >= 4 is 12.0 Å². The van der Waals surface area contributed by atoms with Crippen LogP contribution in [0.15, 0.2) is 12.2 Å². The van der Waals surface area contributed by atoms with E-state index in [1.165, 1.54) is 0 Å². The second kappa shape index (κ2) is 8.61. The van der Waals surface area contributed by atoms with Crippen LogP contribution in [0.3, 0.4) is 0 Å². The average Bonchev–Trinajstić information content (AvgIpc) is 2.41. The van der Waals surface area contributed by atoms with Crippen molar-refractivity contribution in [2.45, 2.75) is 39.5 Å². The first kappa shape index (κ1) is 16.5. The molecule has 0 aliphatic heterocycles. The number of carboxylic acid groups (broad SMARTS) is 1. The van der Waals surface area contributed by atoms with E-state index in [-0.39, 0.29) is 12.6 Å². The number of allylic oxidation sites excluding steroid dienone is 2. The third-order valence-electron chi connectivity index (χ3n) is 3.54. The van der Waals surface area contributed by atoms with Crippen LogP contribution in [-0.2, 0) is 4.79 Å². The van der Waals surface area contributed by atoms with E-state index in [1.54, 1.807) is 0 Å². The van der Waals surface area contributed by atoms with Gasteiger partial charge in [0.05, 0.1) is 5.92 Å². The molecule has 2 atom stereocenters. The van der Waals surface area contributed by atoms with Crippen LogP contribution in [0.5, 0.6) is 0 Å². The molecule has 1 rings (SSSR count). The zero-order chi connectivity index (χ0) is 15.0. The van der Waals surface area contributed by atoms with E-state index in [0.29, 0.717) is 24.8 Å². The minimum Gasteiger partial charge on any atom is -0.481 e. The van der Waals surface area contributed by atoms with Gasteiger partial charge in [-0.3, -0.25) is 4.79 Å². The summed E-state index contributed by atoms with van der Waals surface area (Å²) in [7, 11) is 0. The van der Waals surface area contributed by atoms with Gasteiger partial charge >= 0.3 is 12.0 Å². The molecule has 0 aromatic heterocycles. The first-order chi connectivity index (χ1) is 9.49. The monoisotopic (exact) mass is 282 g/mol. The summed E-state index contributed by atoms with van der Waals surface area (Å²) in [6.45, 7) is 4.79. The Morgan fingerprint density at radius 3 is 2.60 bits per heavy atom. The van der Waals surface area contributed by atoms with Gasteiger partial charge in [0.2, 0.25) is 0 Å². The quantitative estimate of drug-likeness (QED) is 0.627. The molecular formula is C15H26N2O3. The zero-order valence-electron chi connectivity index (χ0n) is 12.4. The van der Waals surface area contributed by atoms with Crippen molar-refractivity contribution in [1.82, 2.24) is 10.6 Å². The smallest absolute Gasteiger partial charge is 0.314 e. The fraction of sp³-hybridized carbons (Fsp3) is 0.733. The standard InChI is InChI=1S/C15H26N2O3/c1-11(2)8-13(14(18)19)10-17-15(20)16-9-12-6-4-3-5-7-12/h3-4,11-13H,5-10H2,1-2H3,(H,18,19)(H2,16,17,20). The number of hydrogen-bond acceptors (Lipinski definition) is 2. The highest BCUT2D eigenvalue weighted by atomic mass is 16.4. The maximum atomic E-state index is 11.7. The molecule has 5 heteroatoms. The summed E-state index contributed by atoms with van der Waals surface area (Å²) in [6, 6.07) is -0.269. The van der Waals surface area contributed by atoms with Gasteiger partial charge in [0.15, 0.2) is 0 Å². The van der Waals surface area contributed by atoms with Crippen LogP contribution in [0.4, 0.5) is 4.79 Å². The molecule has 114 valence electrons. The lowest BCUT2D eigenvalue weighted by Gasteiger charge is -2.19. The molecule has 0 radical (unpaired) electrons. The van der Waals surface area contributed by atoms with Crippen molar-refractivity contribution in [3.63, 3.8) is 0 Å². The van der Waals surface area contributed by atoms with Crippen LogP contribution in [0.1, 0.15) is 39.5 Å². The molecule has 1 aliphatic rings. The SMILES string of the molecule is CC(C)CC(CNC(=O)NCC1CC=CCC1)C(=O)O. The number of aliphatic carboxylic acids is 1. The Balaban J connectivity index is 2.23. The Bertz CT molecular complexity index is 353. The summed E-state index contributed by atoms with van der Waals surface area (Å²) in [4.78, 5) is 22.7. The maximum absolute atomic E-state index is 11.7. The van der Waals surface area contributed by atoms with E-state index >= 15 is 0 Å². The number of carboxylic acids is 1. The van der Waals surface area contributed by atoms with E-state index in [4.69, 9.17) is 5.11 Å². The summed E-state index contributed by atoms with van der Waals surface area (Å²) in [5.74, 6) is -0.568. The number of carbonyl (C=O) groups excluding carboxylic acids is 1. The summed E-state index contributed by atoms with van der Waals surface area (Å²) in [6.07, 6.45) is 8.07. The largest absolute Gasteiger partial charge is 0.481 e. The van der Waals surface area contributed by atoms with Gasteiger partial charge in [0.1, 0.15) is 0 Å². The van der Waals surface area contributed by atoms with Gasteiger partial charge in [-0.15, -0.1) is 0 Å². The fourth-order valence-corrected chi connectivity index (χ4v) is 2.40. The van der Waals surface area contributed by atoms with Crippen molar-refractivity contribution in [2.75, 3.05) is 13.1 Å². The fourth-order valence-electron chi connectivity index (χ4n) is 2.40. The van der Waals surface area contributed by atoms with E-state index in [0.717, 1.165) is 19.3 Å². The molecule has 2 amide bonds. The summed E-state index contributed by atoms with van der Waals surface area (Å²) in [5, 5.41) is 14.6. The van der Waals surface area contributed by atoms with Gasteiger partial charge in [-0.2, -0.15) is 0 Å². The Kier molecular flexibility index (Phi) is 7.12. The minimum absolute atomic E-state index is 0.184. The molecular weight excluding hydrogens is 256 g/mol. The predicted molar refractivity (Wildman–Crippen MR) is 78.5 cm³/mol. The highest BCUT2D eigenvalue weighted by Crippen LogP contribution is 2.16. The number of amides is 2. The Hall–Kier alpha value is -1.52. The highest BCUT2D eigenvalue weighted by Gasteiger charge is 2.19. The third-order valence-corrected chi connectivity index (χ3v) is 3.54. The lowest BCUT2D eigenvalue weighted by molar-refractivity contribution is -0.142. The van der Waals surface area contributed by atoms with E-state index in [2.05, 4.69) is 22.8 Å². The molecule has 0 spiro atoms. The number of hydrogen-bond donors (Lipinski definition) is 3. The Labute approximate surface area is 120 Å². The van der Waals surface area contributed by atoms with E-state index in [9.17, 15) is 9.59 Å². The topological polar surface area (TPSA) is 78.4 Å². The molecule has 0 aromatic rings. The molecule has 2 unspecified atom stereocenters. The van der Waals surface area contributed by atoms with Gasteiger partial charge in [-0.25, -0.2) is 4.79 Å². The number of nitrogens with one attached hydrogen (secondary N) is 2. The second-order valence-corrected chi connectivity index (χ2v) is 5.91. The number of rotatable bonds is 7. The van der Waals surface area contributed by atoms with Crippen LogP contribution >= 0.6 is 0 Å². The van der Waals surface area contributed by atoms with Crippen LogP contribution < -0.4 is 10.6 Å². The molecule has 0 saturated carbocycles. The van der Waals surface area contributed by atoms with Crippen LogP contribution in [0.2, 0.25) is 0 Å². The highest BCUT2D eigenvalue weighted by molar-refractivity contribution is 5.75. The lowest BCUT2D eigenvalue weighted by Crippen LogP contribution is -2.42. The average molecular weight is 282 g/mol. The summed E-state index contributed by atoms with van der Waals surface area (Å²) < 4.78 is 0. The number of urea groups is 1. The number of carbonyl (C=O) groups is 2. The van der Waals surface area contributed by atoms with Crippen molar-refractivity contribution in [3.05, 3.63) is 12.2 Å². The first-order valence-corrected chi connectivity index (χ1v) is 7.38. The zero-order valence-corrected chi connectivity index (χ0v) is 12.4. The van der Waals surface area contributed by atoms with Crippen molar-refractivity contribution in [1.29, 1.82) is 0 Å². The Morgan fingerprint density at radius 1 is 1.30 bits per heavy atom. The summed E-state index contributed by atoms with van der Waals surface area (Å²) in [5.41, 5.74) is 0. The molecule has 0 fully saturated rings. The lowest BCUT2D eigenvalue weighted by atomic mass is 9.94. The van der Waals surface area contributed by atoms with Crippen molar-refractivity contribution < 1.29 is 14.7 Å². The van der Waals surface area contributed by atoms with Gasteiger partial charge in [-0.05, 0) is 37.5 Å². The van der Waals surface area contributed by atoms with Gasteiger partial charge < -0.3 is 15.7 Å². The molecule has 20 heavy (non-hydrogen) atoms. The molecule has 0 heterocycles. The van der Waals surface area contributed by atoms with Crippen LogP contribution in [0, 0.1) is 17.8 Å². The molecule has 3 N–H and O–H groups in total. The first-order valence-electron chi connectivity index (χ1n) is 7.38. The molecule has 0 saturated heterocycles. The van der Waals surface area contributed by atoms with Crippen LogP contribution in [-0.4, -0.2) is 30.2 Å². The van der Waals surface area contributed by atoms with Crippen molar-refractivity contribution in [2.24, 2.45) is 17.8 Å². The molecule has 1 aliphatic carbocycles. The second-order valence-electron chi connectivity index (χ2n) is 5.91. The van der Waals surface area contributed by atoms with E-state index < -0.39 is 11.9 Å². The van der Waals surface area contributed by atoms with Crippen molar-refractivity contribution in [3.8, 4) is 0 Å². The molecule has 5 nitrogen and oxygen atoms in total. The normalized spacial score (nSPS) is 19.6. The van der Waals surface area contributed by atoms with E-state index in [1.807, 2.05) is 13.8 Å². The van der Waals surface area contributed by atoms with Gasteiger partial charge in [0, 0.05) is 13.1 Å². The van der Waals surface area contributed by atoms with Gasteiger partial charge in [-0.1, -0.05) is 26.0 Å². The van der Waals surface area contributed by atoms with Gasteiger partial charge in [0.25, 0.3) is 0 Å². The molecule has 0 bridgehead atoms. The predicted octanol–water partition coefficient (Wildman–Crippen LogP) is 2.39. The maximum Gasteiger partial charge on any atom is 0.314 e. The Morgan fingerprint density at radius 2 is 2.05 bits per heavy atom.